The first-order valence-corrected chi connectivity index (χ1v) is 10.8. The maximum absolute atomic E-state index is 14.1. The number of nitrogens with zero attached hydrogens (tertiary/aromatic N) is 2. The Morgan fingerprint density at radius 3 is 2.29 bits per heavy atom. The van der Waals surface area contributed by atoms with E-state index in [1.807, 2.05) is 19.1 Å². The van der Waals surface area contributed by atoms with Gasteiger partial charge in [0.15, 0.2) is 0 Å². The lowest BCUT2D eigenvalue weighted by atomic mass is 10.0. The Balaban J connectivity index is 1.40. The molecule has 2 aromatic carbocycles. The third-order valence-corrected chi connectivity index (χ3v) is 5.62. The van der Waals surface area contributed by atoms with Crippen molar-refractivity contribution in [3.05, 3.63) is 65.2 Å². The summed E-state index contributed by atoms with van der Waals surface area (Å²) in [6.45, 7) is 8.57. The average molecular weight is 435 g/mol. The largest absolute Gasteiger partial charge is 0.491 e. The first kappa shape index (κ1) is 23.6. The standard InChI is InChI=1S/C24H32F2N2O3/c1-19(23-8-5-21(25)17-24(23)26)28-11-9-27(10-12-28)18-20-3-6-22(7-4-20)31-16-15-30-14-13-29-2/h3-8,17,19H,9-16,18H2,1-2H3. The number of hydrogen-bond donors (Lipinski definition) is 0. The van der Waals surface area contributed by atoms with Gasteiger partial charge >= 0.3 is 0 Å². The van der Waals surface area contributed by atoms with Gasteiger partial charge < -0.3 is 14.2 Å². The molecule has 0 aromatic heterocycles. The molecule has 2 aromatic rings. The molecule has 5 nitrogen and oxygen atoms in total. The van der Waals surface area contributed by atoms with E-state index in [1.54, 1.807) is 13.2 Å². The molecule has 7 heteroatoms. The predicted molar refractivity (Wildman–Crippen MR) is 116 cm³/mol. The van der Waals surface area contributed by atoms with Crippen molar-refractivity contribution < 1.29 is 23.0 Å². The summed E-state index contributed by atoms with van der Waals surface area (Å²) >= 11 is 0. The van der Waals surface area contributed by atoms with Gasteiger partial charge in [0.05, 0.1) is 19.8 Å². The lowest BCUT2D eigenvalue weighted by Gasteiger charge is -2.38. The van der Waals surface area contributed by atoms with Crippen LogP contribution < -0.4 is 4.74 Å². The van der Waals surface area contributed by atoms with Crippen molar-refractivity contribution in [1.29, 1.82) is 0 Å². The van der Waals surface area contributed by atoms with Crippen LogP contribution in [-0.4, -0.2) is 69.5 Å². The molecule has 3 rings (SSSR count). The van der Waals surface area contributed by atoms with E-state index in [4.69, 9.17) is 14.2 Å². The second kappa shape index (κ2) is 12.1. The number of piperazine rings is 1. The highest BCUT2D eigenvalue weighted by Gasteiger charge is 2.24. The van der Waals surface area contributed by atoms with Crippen LogP contribution in [-0.2, 0) is 16.0 Å². The van der Waals surface area contributed by atoms with E-state index in [-0.39, 0.29) is 6.04 Å². The first-order valence-electron chi connectivity index (χ1n) is 10.8. The van der Waals surface area contributed by atoms with Crippen LogP contribution in [0.3, 0.4) is 0 Å². The van der Waals surface area contributed by atoms with E-state index in [9.17, 15) is 8.78 Å². The van der Waals surface area contributed by atoms with Gasteiger partial charge in [0.2, 0.25) is 0 Å². The van der Waals surface area contributed by atoms with Gasteiger partial charge in [0.25, 0.3) is 0 Å². The summed E-state index contributed by atoms with van der Waals surface area (Å²) in [5, 5.41) is 0. The Labute approximate surface area is 183 Å². The molecule has 1 aliphatic rings. The Morgan fingerprint density at radius 1 is 0.903 bits per heavy atom. The number of halogens is 2. The van der Waals surface area contributed by atoms with Crippen LogP contribution in [0.25, 0.3) is 0 Å². The van der Waals surface area contributed by atoms with Crippen LogP contribution in [0.15, 0.2) is 42.5 Å². The van der Waals surface area contributed by atoms with E-state index in [2.05, 4.69) is 21.9 Å². The fourth-order valence-electron chi connectivity index (χ4n) is 3.76. The second-order valence-electron chi connectivity index (χ2n) is 7.75. The predicted octanol–water partition coefficient (Wildman–Crippen LogP) is 3.89. The minimum Gasteiger partial charge on any atom is -0.491 e. The molecule has 1 heterocycles. The zero-order chi connectivity index (χ0) is 22.1. The van der Waals surface area contributed by atoms with Gasteiger partial charge in [0.1, 0.15) is 24.0 Å². The highest BCUT2D eigenvalue weighted by Crippen LogP contribution is 2.25. The molecule has 1 saturated heterocycles. The molecule has 170 valence electrons. The van der Waals surface area contributed by atoms with Crippen molar-refractivity contribution in [2.75, 3.05) is 59.7 Å². The minimum atomic E-state index is -0.537. The molecule has 0 spiro atoms. The van der Waals surface area contributed by atoms with Crippen molar-refractivity contribution in [2.24, 2.45) is 0 Å². The molecular weight excluding hydrogens is 402 g/mol. The maximum Gasteiger partial charge on any atom is 0.130 e. The maximum atomic E-state index is 14.1. The van der Waals surface area contributed by atoms with E-state index in [0.717, 1.165) is 44.5 Å². The van der Waals surface area contributed by atoms with Gasteiger partial charge in [0, 0.05) is 57.5 Å². The zero-order valence-electron chi connectivity index (χ0n) is 18.4. The van der Waals surface area contributed by atoms with Gasteiger partial charge in [-0.05, 0) is 30.7 Å². The van der Waals surface area contributed by atoms with Crippen LogP contribution in [0, 0.1) is 11.6 Å². The number of hydrogen-bond acceptors (Lipinski definition) is 5. The van der Waals surface area contributed by atoms with Gasteiger partial charge in [-0.2, -0.15) is 0 Å². The normalized spacial score (nSPS) is 16.4. The van der Waals surface area contributed by atoms with E-state index in [1.165, 1.54) is 11.6 Å². The molecule has 0 radical (unpaired) electrons. The molecule has 1 atom stereocenters. The summed E-state index contributed by atoms with van der Waals surface area (Å²) in [7, 11) is 1.65. The molecule has 0 N–H and O–H groups in total. The van der Waals surface area contributed by atoms with Crippen LogP contribution in [0.1, 0.15) is 24.1 Å². The smallest absolute Gasteiger partial charge is 0.130 e. The number of benzene rings is 2. The lowest BCUT2D eigenvalue weighted by Crippen LogP contribution is -2.46. The van der Waals surface area contributed by atoms with Gasteiger partial charge in [-0.3, -0.25) is 9.80 Å². The van der Waals surface area contributed by atoms with Crippen molar-refractivity contribution >= 4 is 0 Å². The molecule has 1 aliphatic heterocycles. The van der Waals surface area contributed by atoms with Crippen LogP contribution in [0.2, 0.25) is 0 Å². The van der Waals surface area contributed by atoms with Crippen LogP contribution in [0.4, 0.5) is 8.78 Å². The Morgan fingerprint density at radius 2 is 1.61 bits per heavy atom. The summed E-state index contributed by atoms with van der Waals surface area (Å²) in [4.78, 5) is 4.64. The third kappa shape index (κ3) is 7.25. The Hall–Kier alpha value is -2.06. The SMILES string of the molecule is COCCOCCOc1ccc(CN2CCN(C(C)c3ccc(F)cc3F)CC2)cc1. The fourth-order valence-corrected chi connectivity index (χ4v) is 3.76. The number of rotatable bonds is 11. The molecular formula is C24H32F2N2O3. The molecule has 1 fully saturated rings. The monoisotopic (exact) mass is 434 g/mol. The average Bonchev–Trinajstić information content (AvgIpc) is 2.77. The third-order valence-electron chi connectivity index (χ3n) is 5.62. The summed E-state index contributed by atoms with van der Waals surface area (Å²) in [5.41, 5.74) is 1.78. The Kier molecular flexibility index (Phi) is 9.21. The zero-order valence-corrected chi connectivity index (χ0v) is 18.4. The highest BCUT2D eigenvalue weighted by atomic mass is 19.1. The number of ether oxygens (including phenoxy) is 3. The quantitative estimate of drug-likeness (QED) is 0.502. The molecule has 0 amide bonds. The lowest BCUT2D eigenvalue weighted by molar-refractivity contribution is 0.0544. The molecule has 0 aliphatic carbocycles. The topological polar surface area (TPSA) is 34.2 Å². The van der Waals surface area contributed by atoms with Gasteiger partial charge in [-0.25, -0.2) is 8.78 Å². The van der Waals surface area contributed by atoms with E-state index in [0.29, 0.717) is 32.0 Å². The summed E-state index contributed by atoms with van der Waals surface area (Å²) in [6.07, 6.45) is 0. The van der Waals surface area contributed by atoms with E-state index < -0.39 is 11.6 Å². The fraction of sp³-hybridized carbons (Fsp3) is 0.500. The molecule has 1 unspecified atom stereocenters. The van der Waals surface area contributed by atoms with Crippen molar-refractivity contribution in [1.82, 2.24) is 9.80 Å². The van der Waals surface area contributed by atoms with Crippen molar-refractivity contribution in [2.45, 2.75) is 19.5 Å². The number of methoxy groups -OCH3 is 1. The molecule has 31 heavy (non-hydrogen) atoms. The summed E-state index contributed by atoms with van der Waals surface area (Å²) in [5.74, 6) is -0.178. The first-order chi connectivity index (χ1) is 15.1. The second-order valence-corrected chi connectivity index (χ2v) is 7.75. The highest BCUT2D eigenvalue weighted by molar-refractivity contribution is 5.27. The summed E-state index contributed by atoms with van der Waals surface area (Å²) < 4.78 is 43.3. The summed E-state index contributed by atoms with van der Waals surface area (Å²) in [6, 6.07) is 11.9. The van der Waals surface area contributed by atoms with Crippen molar-refractivity contribution in [3.8, 4) is 5.75 Å². The van der Waals surface area contributed by atoms with Crippen LogP contribution >= 0.6 is 0 Å². The Bertz CT molecular complexity index is 796. The van der Waals surface area contributed by atoms with Crippen molar-refractivity contribution in [3.63, 3.8) is 0 Å². The van der Waals surface area contributed by atoms with Crippen LogP contribution in [0.5, 0.6) is 5.75 Å². The minimum absolute atomic E-state index is 0.0716. The molecule has 0 bridgehead atoms. The van der Waals surface area contributed by atoms with E-state index >= 15 is 0 Å². The van der Waals surface area contributed by atoms with Gasteiger partial charge in [-0.15, -0.1) is 0 Å². The van der Waals surface area contributed by atoms with Gasteiger partial charge in [-0.1, -0.05) is 18.2 Å². The molecule has 0 saturated carbocycles.